The molecule has 3 amide bonds. The van der Waals surface area contributed by atoms with Crippen molar-refractivity contribution in [2.75, 3.05) is 6.54 Å². The van der Waals surface area contributed by atoms with Crippen LogP contribution in [0.3, 0.4) is 0 Å². The lowest BCUT2D eigenvalue weighted by molar-refractivity contribution is -0.142. The summed E-state index contributed by atoms with van der Waals surface area (Å²) in [5.74, 6) is -1.99. The molecule has 1 saturated heterocycles. The number of carbonyl (C=O) groups excluding carboxylic acids is 4. The fourth-order valence-corrected chi connectivity index (χ4v) is 5.13. The largest absolute Gasteiger partial charge is 0.481 e. The van der Waals surface area contributed by atoms with Gasteiger partial charge in [-0.15, -0.1) is 0 Å². The van der Waals surface area contributed by atoms with E-state index in [0.29, 0.717) is 31.6 Å². The van der Waals surface area contributed by atoms with Crippen molar-refractivity contribution in [2.24, 2.45) is 0 Å². The molecule has 3 N–H and O–H groups in total. The van der Waals surface area contributed by atoms with E-state index >= 15 is 0 Å². The summed E-state index contributed by atoms with van der Waals surface area (Å²) in [7, 11) is 0. The Labute approximate surface area is 226 Å². The van der Waals surface area contributed by atoms with Gasteiger partial charge in [-0.3, -0.25) is 24.0 Å². The molecule has 3 atom stereocenters. The zero-order valence-corrected chi connectivity index (χ0v) is 22.1. The quantitative estimate of drug-likeness (QED) is 0.378. The van der Waals surface area contributed by atoms with Crippen LogP contribution < -0.4 is 10.6 Å². The number of rotatable bonds is 12. The van der Waals surface area contributed by atoms with Crippen LogP contribution in [0.15, 0.2) is 60.7 Å². The number of aliphatic carboxylic acids is 1. The predicted octanol–water partition coefficient (Wildman–Crippen LogP) is 2.53. The van der Waals surface area contributed by atoms with Gasteiger partial charge < -0.3 is 20.6 Å². The van der Waals surface area contributed by atoms with Crippen LogP contribution in [0.2, 0.25) is 0 Å². The van der Waals surface area contributed by atoms with Crippen LogP contribution in [0.25, 0.3) is 0 Å². The summed E-state index contributed by atoms with van der Waals surface area (Å²) in [6, 6.07) is 16.6. The molecule has 10 heteroatoms. The molecule has 2 aromatic carbocycles. The van der Waals surface area contributed by atoms with Crippen molar-refractivity contribution < 1.29 is 29.1 Å². The van der Waals surface area contributed by atoms with Crippen LogP contribution in [-0.2, 0) is 36.1 Å². The molecule has 3 rings (SSSR count). The summed E-state index contributed by atoms with van der Waals surface area (Å²) in [4.78, 5) is 63.7. The molecule has 1 aliphatic heterocycles. The fourth-order valence-electron chi connectivity index (χ4n) is 4.29. The Morgan fingerprint density at radius 2 is 1.58 bits per heavy atom. The Balaban J connectivity index is 1.65. The van der Waals surface area contributed by atoms with Gasteiger partial charge in [0, 0.05) is 25.1 Å². The topological polar surface area (TPSA) is 133 Å². The minimum absolute atomic E-state index is 0.166. The number of hydrogen-bond donors (Lipinski definition) is 3. The lowest BCUT2D eigenvalue weighted by atomic mass is 10.1. The number of likely N-dealkylation sites (tertiary alicyclic amines) is 1. The monoisotopic (exact) mass is 539 g/mol. The van der Waals surface area contributed by atoms with Crippen LogP contribution in [0.5, 0.6) is 0 Å². The molecule has 3 unspecified atom stereocenters. The first kappa shape index (κ1) is 28.9. The molecule has 9 nitrogen and oxygen atoms in total. The van der Waals surface area contributed by atoms with Gasteiger partial charge in [0.05, 0.1) is 6.42 Å². The van der Waals surface area contributed by atoms with E-state index in [0.717, 1.165) is 22.9 Å². The van der Waals surface area contributed by atoms with Gasteiger partial charge in [0.1, 0.15) is 18.1 Å². The number of carboxylic acid groups (broad SMARTS) is 1. The third kappa shape index (κ3) is 8.72. The first-order valence-electron chi connectivity index (χ1n) is 12.6. The van der Waals surface area contributed by atoms with Crippen molar-refractivity contribution in [1.29, 1.82) is 0 Å². The number of amides is 3. The third-order valence-electron chi connectivity index (χ3n) is 6.26. The number of carboxylic acids is 1. The highest BCUT2D eigenvalue weighted by Gasteiger charge is 2.37. The SMILES string of the molecule is CC(NC(=O)CCC(=O)O)C(=O)N1CCCC1C(=O)NC(Cc1ccccc1)C(=O)SCc1ccccc1. The Morgan fingerprint density at radius 1 is 0.947 bits per heavy atom. The first-order valence-corrected chi connectivity index (χ1v) is 13.6. The summed E-state index contributed by atoms with van der Waals surface area (Å²) in [6.45, 7) is 1.86. The molecule has 38 heavy (non-hydrogen) atoms. The molecule has 0 aromatic heterocycles. The molecule has 0 aliphatic carbocycles. The second-order valence-electron chi connectivity index (χ2n) is 9.22. The van der Waals surface area contributed by atoms with Crippen molar-refractivity contribution in [3.8, 4) is 0 Å². The van der Waals surface area contributed by atoms with Crippen LogP contribution in [0.4, 0.5) is 0 Å². The maximum absolute atomic E-state index is 13.3. The summed E-state index contributed by atoms with van der Waals surface area (Å²) in [5, 5.41) is 14.0. The predicted molar refractivity (Wildman–Crippen MR) is 144 cm³/mol. The van der Waals surface area contributed by atoms with E-state index in [1.165, 1.54) is 11.8 Å². The molecule has 1 aliphatic rings. The Morgan fingerprint density at radius 3 is 2.21 bits per heavy atom. The van der Waals surface area contributed by atoms with Gasteiger partial charge in [-0.2, -0.15) is 0 Å². The summed E-state index contributed by atoms with van der Waals surface area (Å²) < 4.78 is 0. The van der Waals surface area contributed by atoms with Gasteiger partial charge >= 0.3 is 5.97 Å². The van der Waals surface area contributed by atoms with Crippen LogP contribution >= 0.6 is 11.8 Å². The molecule has 1 fully saturated rings. The minimum atomic E-state index is -1.10. The molecular formula is C28H33N3O6S. The molecule has 1 heterocycles. The number of carbonyl (C=O) groups is 5. The van der Waals surface area contributed by atoms with Gasteiger partial charge in [0.2, 0.25) is 22.8 Å². The normalized spacial score (nSPS) is 16.3. The van der Waals surface area contributed by atoms with Gasteiger partial charge in [0.15, 0.2) is 0 Å². The van der Waals surface area contributed by atoms with Crippen molar-refractivity contribution in [2.45, 2.75) is 62.9 Å². The lowest BCUT2D eigenvalue weighted by Crippen LogP contribution is -2.54. The summed E-state index contributed by atoms with van der Waals surface area (Å²) >= 11 is 1.14. The third-order valence-corrected chi connectivity index (χ3v) is 7.31. The first-order chi connectivity index (χ1) is 18.2. The number of nitrogens with one attached hydrogen (secondary N) is 2. The van der Waals surface area contributed by atoms with Gasteiger partial charge in [-0.25, -0.2) is 0 Å². The van der Waals surface area contributed by atoms with Crippen LogP contribution in [-0.4, -0.2) is 63.5 Å². The number of thioether (sulfide) groups is 1. The molecule has 202 valence electrons. The lowest BCUT2D eigenvalue weighted by Gasteiger charge is -2.28. The highest BCUT2D eigenvalue weighted by molar-refractivity contribution is 8.13. The summed E-state index contributed by atoms with van der Waals surface area (Å²) in [5.41, 5.74) is 1.91. The second kappa shape index (κ2) is 14.3. The van der Waals surface area contributed by atoms with Gasteiger partial charge in [-0.1, -0.05) is 72.4 Å². The average Bonchev–Trinajstić information content (AvgIpc) is 3.41. The molecule has 2 aromatic rings. The smallest absolute Gasteiger partial charge is 0.303 e. The molecule has 0 bridgehead atoms. The maximum atomic E-state index is 13.3. The van der Waals surface area contributed by atoms with Crippen molar-refractivity contribution in [3.05, 3.63) is 71.8 Å². The van der Waals surface area contributed by atoms with E-state index in [9.17, 15) is 24.0 Å². The van der Waals surface area contributed by atoms with E-state index in [1.54, 1.807) is 0 Å². The number of benzene rings is 2. The Bertz CT molecular complexity index is 1130. The van der Waals surface area contributed by atoms with E-state index in [-0.39, 0.29) is 18.0 Å². The van der Waals surface area contributed by atoms with Crippen molar-refractivity contribution in [3.63, 3.8) is 0 Å². The van der Waals surface area contributed by atoms with Gasteiger partial charge in [-0.05, 0) is 30.9 Å². The van der Waals surface area contributed by atoms with E-state index < -0.39 is 41.8 Å². The zero-order chi connectivity index (χ0) is 27.5. The fraction of sp³-hybridized carbons (Fsp3) is 0.393. The molecular weight excluding hydrogens is 506 g/mol. The molecule has 0 radical (unpaired) electrons. The standard InChI is InChI=1S/C28H33N3O6S/c1-19(29-24(32)14-15-25(33)34)27(36)31-16-8-13-23(31)26(35)30-22(17-20-9-4-2-5-10-20)28(37)38-18-21-11-6-3-7-12-21/h2-7,9-12,19,22-23H,8,13-18H2,1H3,(H,29,32)(H,30,35)(H,33,34). The zero-order valence-electron chi connectivity index (χ0n) is 21.3. The van der Waals surface area contributed by atoms with E-state index in [4.69, 9.17) is 5.11 Å². The highest BCUT2D eigenvalue weighted by atomic mass is 32.2. The maximum Gasteiger partial charge on any atom is 0.303 e. The van der Waals surface area contributed by atoms with E-state index in [2.05, 4.69) is 10.6 Å². The number of hydrogen-bond acceptors (Lipinski definition) is 6. The number of nitrogens with zero attached hydrogens (tertiary/aromatic N) is 1. The Hall–Kier alpha value is -3.66. The highest BCUT2D eigenvalue weighted by Crippen LogP contribution is 2.21. The van der Waals surface area contributed by atoms with Crippen LogP contribution in [0.1, 0.15) is 43.7 Å². The van der Waals surface area contributed by atoms with Crippen molar-refractivity contribution >= 4 is 40.6 Å². The average molecular weight is 540 g/mol. The summed E-state index contributed by atoms with van der Waals surface area (Å²) in [6.07, 6.45) is 0.815. The van der Waals surface area contributed by atoms with E-state index in [1.807, 2.05) is 60.7 Å². The Kier molecular flexibility index (Phi) is 10.9. The molecule has 0 saturated carbocycles. The van der Waals surface area contributed by atoms with Gasteiger partial charge in [0.25, 0.3) is 0 Å². The van der Waals surface area contributed by atoms with Crippen LogP contribution in [0, 0.1) is 0 Å². The molecule has 0 spiro atoms. The van der Waals surface area contributed by atoms with Crippen molar-refractivity contribution in [1.82, 2.24) is 15.5 Å². The second-order valence-corrected chi connectivity index (χ2v) is 10.2. The minimum Gasteiger partial charge on any atom is -0.481 e.